The molecule has 0 saturated heterocycles. The van der Waals surface area contributed by atoms with Gasteiger partial charge >= 0.3 is 5.97 Å². The maximum Gasteiger partial charge on any atom is 0.310 e. The van der Waals surface area contributed by atoms with E-state index < -0.39 is 5.54 Å². The number of nitrogens with two attached hydrogens (primary N) is 1. The summed E-state index contributed by atoms with van der Waals surface area (Å²) in [5.41, 5.74) is 5.34. The predicted molar refractivity (Wildman–Crippen MR) is 62.5 cm³/mol. The summed E-state index contributed by atoms with van der Waals surface area (Å²) >= 11 is 0. The third-order valence-electron chi connectivity index (χ3n) is 2.41. The minimum atomic E-state index is -0.693. The molecule has 0 aliphatic carbocycles. The Morgan fingerprint density at radius 1 is 1.73 bits per heavy atom. The summed E-state index contributed by atoms with van der Waals surface area (Å²) < 4.78 is 4.92. The Morgan fingerprint density at radius 2 is 2.40 bits per heavy atom. The van der Waals surface area contributed by atoms with E-state index in [2.05, 4.69) is 4.99 Å². The normalized spacial score (nSPS) is 25.5. The molecule has 0 aromatic rings. The number of allylic oxidation sites excluding steroid dienone is 1. The number of carbonyl (C=O) groups excluding carboxylic acids is 1. The third-order valence-corrected chi connectivity index (χ3v) is 2.41. The van der Waals surface area contributed by atoms with Crippen molar-refractivity contribution in [2.45, 2.75) is 19.4 Å². The monoisotopic (exact) mass is 232 g/mol. The highest BCUT2D eigenvalue weighted by molar-refractivity contribution is 5.85. The summed E-state index contributed by atoms with van der Waals surface area (Å²) in [6.07, 6.45) is 5.25. The van der Waals surface area contributed by atoms with Gasteiger partial charge in [-0.1, -0.05) is 6.08 Å². The Labute approximate surface area is 96.0 Å². The van der Waals surface area contributed by atoms with Gasteiger partial charge in [0.15, 0.2) is 0 Å². The Hall–Kier alpha value is -0.870. The highest BCUT2D eigenvalue weighted by Crippen LogP contribution is 2.20. The Morgan fingerprint density at radius 3 is 2.87 bits per heavy atom. The van der Waals surface area contributed by atoms with Gasteiger partial charge in [0.2, 0.25) is 0 Å². The number of dihydropyridines is 1. The first-order valence-electron chi connectivity index (χ1n) is 4.73. The van der Waals surface area contributed by atoms with E-state index in [9.17, 15) is 4.79 Å². The lowest BCUT2D eigenvalue weighted by Gasteiger charge is -2.30. The van der Waals surface area contributed by atoms with Crippen molar-refractivity contribution in [3.05, 3.63) is 12.2 Å². The van der Waals surface area contributed by atoms with E-state index in [-0.39, 0.29) is 24.3 Å². The lowest BCUT2D eigenvalue weighted by molar-refractivity contribution is -0.149. The first kappa shape index (κ1) is 14.1. The van der Waals surface area contributed by atoms with Gasteiger partial charge in [-0.25, -0.2) is 0 Å². The van der Waals surface area contributed by atoms with Crippen LogP contribution >= 0.6 is 12.4 Å². The van der Waals surface area contributed by atoms with Crippen LogP contribution in [-0.2, 0) is 9.53 Å². The Bertz CT molecular complexity index is 279. The molecule has 2 unspecified atom stereocenters. The van der Waals surface area contributed by atoms with Gasteiger partial charge in [0.05, 0.1) is 24.6 Å². The van der Waals surface area contributed by atoms with Crippen molar-refractivity contribution in [3.63, 3.8) is 0 Å². The highest BCUT2D eigenvalue weighted by Gasteiger charge is 2.35. The molecule has 5 heteroatoms. The predicted octanol–water partition coefficient (Wildman–Crippen LogP) is 0.946. The van der Waals surface area contributed by atoms with E-state index in [1.807, 2.05) is 6.08 Å². The van der Waals surface area contributed by atoms with Crippen molar-refractivity contribution >= 4 is 24.6 Å². The molecule has 1 aliphatic rings. The lowest BCUT2D eigenvalue weighted by Crippen LogP contribution is -2.51. The first-order valence-corrected chi connectivity index (χ1v) is 4.73. The molecule has 4 nitrogen and oxygen atoms in total. The fraction of sp³-hybridized carbons (Fsp3) is 0.600. The second-order valence-corrected chi connectivity index (χ2v) is 3.43. The van der Waals surface area contributed by atoms with Crippen LogP contribution < -0.4 is 5.73 Å². The van der Waals surface area contributed by atoms with Crippen LogP contribution in [0.1, 0.15) is 13.8 Å². The second kappa shape index (κ2) is 5.88. The van der Waals surface area contributed by atoms with E-state index in [0.29, 0.717) is 13.2 Å². The lowest BCUT2D eigenvalue weighted by atomic mass is 9.85. The van der Waals surface area contributed by atoms with E-state index in [1.165, 1.54) is 0 Å². The number of aliphatic imine (C=N–C) groups is 1. The largest absolute Gasteiger partial charge is 0.466 e. The van der Waals surface area contributed by atoms with Crippen LogP contribution in [0.15, 0.2) is 17.1 Å². The van der Waals surface area contributed by atoms with Gasteiger partial charge in [-0.3, -0.25) is 9.79 Å². The van der Waals surface area contributed by atoms with Crippen LogP contribution in [0, 0.1) is 5.92 Å². The molecule has 1 heterocycles. The van der Waals surface area contributed by atoms with E-state index in [4.69, 9.17) is 10.5 Å². The SMILES string of the molecule is CCOC(=O)C(C)C1(N)C=CC=NC1.Cl. The number of nitrogens with zero attached hydrogens (tertiary/aromatic N) is 1. The molecule has 0 aromatic carbocycles. The van der Waals surface area contributed by atoms with Gasteiger partial charge in [0, 0.05) is 6.21 Å². The van der Waals surface area contributed by atoms with Crippen LogP contribution in [0.3, 0.4) is 0 Å². The van der Waals surface area contributed by atoms with Crippen LogP contribution in [0.2, 0.25) is 0 Å². The molecule has 0 amide bonds. The zero-order chi connectivity index (χ0) is 10.6. The van der Waals surface area contributed by atoms with Crippen molar-refractivity contribution in [2.75, 3.05) is 13.2 Å². The fourth-order valence-electron chi connectivity index (χ4n) is 1.31. The number of halogens is 1. The standard InChI is InChI=1S/C10H16N2O2.ClH/c1-3-14-9(13)8(2)10(11)5-4-6-12-7-10;/h4-6,8H,3,7,11H2,1-2H3;1H. The van der Waals surface area contributed by atoms with Crippen LogP contribution in [0.4, 0.5) is 0 Å². The molecule has 1 aliphatic heterocycles. The zero-order valence-electron chi connectivity index (χ0n) is 8.97. The molecular weight excluding hydrogens is 216 g/mol. The van der Waals surface area contributed by atoms with Crippen LogP contribution in [0.5, 0.6) is 0 Å². The zero-order valence-corrected chi connectivity index (χ0v) is 9.79. The molecule has 0 spiro atoms. The number of carbonyl (C=O) groups is 1. The maximum atomic E-state index is 11.5. The number of rotatable bonds is 3. The van der Waals surface area contributed by atoms with Gasteiger partial charge in [-0.15, -0.1) is 12.4 Å². The van der Waals surface area contributed by atoms with E-state index in [0.717, 1.165) is 0 Å². The maximum absolute atomic E-state index is 11.5. The molecule has 0 saturated carbocycles. The number of esters is 1. The molecule has 86 valence electrons. The number of hydrogen-bond donors (Lipinski definition) is 1. The first-order chi connectivity index (χ1) is 6.60. The molecule has 0 aromatic heterocycles. The van der Waals surface area contributed by atoms with Crippen molar-refractivity contribution in [1.29, 1.82) is 0 Å². The van der Waals surface area contributed by atoms with Crippen molar-refractivity contribution in [3.8, 4) is 0 Å². The molecule has 15 heavy (non-hydrogen) atoms. The fourth-order valence-corrected chi connectivity index (χ4v) is 1.31. The van der Waals surface area contributed by atoms with Gasteiger partial charge in [-0.2, -0.15) is 0 Å². The van der Waals surface area contributed by atoms with Gasteiger partial charge in [0.25, 0.3) is 0 Å². The number of ether oxygens (including phenoxy) is 1. The molecule has 2 atom stereocenters. The smallest absolute Gasteiger partial charge is 0.310 e. The second-order valence-electron chi connectivity index (χ2n) is 3.43. The molecular formula is C10H17ClN2O2. The Balaban J connectivity index is 0.00000196. The summed E-state index contributed by atoms with van der Waals surface area (Å²) in [5.74, 6) is -0.632. The molecule has 1 rings (SSSR count). The average Bonchev–Trinajstić information content (AvgIpc) is 2.18. The molecule has 0 radical (unpaired) electrons. The Kier molecular flexibility index (Phi) is 5.54. The number of hydrogen-bond acceptors (Lipinski definition) is 4. The molecule has 2 N–H and O–H groups in total. The summed E-state index contributed by atoms with van der Waals surface area (Å²) in [6, 6.07) is 0. The summed E-state index contributed by atoms with van der Waals surface area (Å²) in [5, 5.41) is 0. The van der Waals surface area contributed by atoms with Crippen molar-refractivity contribution in [2.24, 2.45) is 16.6 Å². The minimum Gasteiger partial charge on any atom is -0.466 e. The van der Waals surface area contributed by atoms with Crippen molar-refractivity contribution < 1.29 is 9.53 Å². The average molecular weight is 233 g/mol. The quantitative estimate of drug-likeness (QED) is 0.737. The van der Waals surface area contributed by atoms with E-state index in [1.54, 1.807) is 26.1 Å². The van der Waals surface area contributed by atoms with Crippen LogP contribution in [0.25, 0.3) is 0 Å². The van der Waals surface area contributed by atoms with Crippen LogP contribution in [-0.4, -0.2) is 30.9 Å². The van der Waals surface area contributed by atoms with Gasteiger partial charge in [0.1, 0.15) is 0 Å². The summed E-state index contributed by atoms with van der Waals surface area (Å²) in [4.78, 5) is 15.5. The summed E-state index contributed by atoms with van der Waals surface area (Å²) in [6.45, 7) is 4.36. The third kappa shape index (κ3) is 3.32. The van der Waals surface area contributed by atoms with Crippen molar-refractivity contribution in [1.82, 2.24) is 0 Å². The van der Waals surface area contributed by atoms with Gasteiger partial charge < -0.3 is 10.5 Å². The van der Waals surface area contributed by atoms with E-state index >= 15 is 0 Å². The highest BCUT2D eigenvalue weighted by atomic mass is 35.5. The topological polar surface area (TPSA) is 64.7 Å². The molecule has 0 fully saturated rings. The van der Waals surface area contributed by atoms with Gasteiger partial charge in [-0.05, 0) is 19.9 Å². The summed E-state index contributed by atoms with van der Waals surface area (Å²) in [7, 11) is 0. The minimum absolute atomic E-state index is 0. The molecule has 0 bridgehead atoms.